The molecular weight excluding hydrogens is 269 g/mol. The van der Waals surface area contributed by atoms with Gasteiger partial charge in [0, 0.05) is 18.2 Å². The third-order valence-corrected chi connectivity index (χ3v) is 3.62. The van der Waals surface area contributed by atoms with E-state index in [0.717, 1.165) is 31.4 Å². The first kappa shape index (κ1) is 14.8. The average molecular weight is 286 g/mol. The molecule has 1 aliphatic heterocycles. The lowest BCUT2D eigenvalue weighted by Crippen LogP contribution is -2.44. The molecule has 6 heteroatoms. The van der Waals surface area contributed by atoms with Crippen molar-refractivity contribution in [1.29, 1.82) is 0 Å². The lowest BCUT2D eigenvalue weighted by atomic mass is 9.98. The number of nitrogens with zero attached hydrogens (tertiary/aromatic N) is 1. The van der Waals surface area contributed by atoms with Crippen LogP contribution < -0.4 is 5.73 Å². The van der Waals surface area contributed by atoms with Gasteiger partial charge in [0.15, 0.2) is 17.5 Å². The van der Waals surface area contributed by atoms with E-state index in [-0.39, 0.29) is 11.6 Å². The maximum absolute atomic E-state index is 13.2. The standard InChI is InChI=1S/C14H17F3N2O/c15-11-7-9(8-12(16)13(11)17)14(20)19-6-2-1-3-10(19)4-5-18/h7-8,10H,1-6,18H2. The number of hydrogen-bond acceptors (Lipinski definition) is 2. The van der Waals surface area contributed by atoms with Gasteiger partial charge >= 0.3 is 0 Å². The predicted molar refractivity (Wildman–Crippen MR) is 68.7 cm³/mol. The summed E-state index contributed by atoms with van der Waals surface area (Å²) in [4.78, 5) is 13.9. The Balaban J connectivity index is 2.25. The van der Waals surface area contributed by atoms with Crippen molar-refractivity contribution in [2.45, 2.75) is 31.7 Å². The zero-order valence-electron chi connectivity index (χ0n) is 11.0. The summed E-state index contributed by atoms with van der Waals surface area (Å²) in [7, 11) is 0. The Bertz CT molecular complexity index is 482. The maximum Gasteiger partial charge on any atom is 0.254 e. The van der Waals surface area contributed by atoms with Crippen LogP contribution in [0.2, 0.25) is 0 Å². The summed E-state index contributed by atoms with van der Waals surface area (Å²) in [6.07, 6.45) is 3.33. The van der Waals surface area contributed by atoms with Crippen LogP contribution in [0, 0.1) is 17.5 Å². The van der Waals surface area contributed by atoms with Crippen molar-refractivity contribution in [3.8, 4) is 0 Å². The van der Waals surface area contributed by atoms with Gasteiger partial charge in [0.1, 0.15) is 0 Å². The molecule has 1 atom stereocenters. The van der Waals surface area contributed by atoms with E-state index in [1.54, 1.807) is 4.90 Å². The van der Waals surface area contributed by atoms with E-state index in [1.807, 2.05) is 0 Å². The largest absolute Gasteiger partial charge is 0.336 e. The molecule has 1 amide bonds. The summed E-state index contributed by atoms with van der Waals surface area (Å²) in [5.41, 5.74) is 5.36. The number of rotatable bonds is 3. The normalized spacial score (nSPS) is 19.2. The fraction of sp³-hybridized carbons (Fsp3) is 0.500. The van der Waals surface area contributed by atoms with Crippen LogP contribution in [0.25, 0.3) is 0 Å². The van der Waals surface area contributed by atoms with Gasteiger partial charge in [0.05, 0.1) is 0 Å². The van der Waals surface area contributed by atoms with Gasteiger partial charge in [-0.15, -0.1) is 0 Å². The van der Waals surface area contributed by atoms with Gasteiger partial charge in [-0.1, -0.05) is 0 Å². The number of benzene rings is 1. The molecule has 0 saturated carbocycles. The Kier molecular flexibility index (Phi) is 4.65. The summed E-state index contributed by atoms with van der Waals surface area (Å²) in [5, 5.41) is 0. The Labute approximate surface area is 115 Å². The smallest absolute Gasteiger partial charge is 0.254 e. The molecule has 1 fully saturated rings. The molecule has 2 rings (SSSR count). The van der Waals surface area contributed by atoms with Crippen LogP contribution in [0.1, 0.15) is 36.0 Å². The molecule has 20 heavy (non-hydrogen) atoms. The molecule has 0 bridgehead atoms. The summed E-state index contributed by atoms with van der Waals surface area (Å²) in [6, 6.07) is 1.47. The van der Waals surface area contributed by atoms with Crippen LogP contribution in [-0.2, 0) is 0 Å². The van der Waals surface area contributed by atoms with Gasteiger partial charge in [0.2, 0.25) is 0 Å². The zero-order chi connectivity index (χ0) is 14.7. The molecular formula is C14H17F3N2O. The Morgan fingerprint density at radius 1 is 1.25 bits per heavy atom. The van der Waals surface area contributed by atoms with Crippen molar-refractivity contribution in [2.24, 2.45) is 5.73 Å². The van der Waals surface area contributed by atoms with Crippen molar-refractivity contribution in [3.05, 3.63) is 35.1 Å². The number of carbonyl (C=O) groups excluding carboxylic acids is 1. The molecule has 1 unspecified atom stereocenters. The molecule has 0 radical (unpaired) electrons. The van der Waals surface area contributed by atoms with E-state index in [0.29, 0.717) is 19.5 Å². The number of halogens is 3. The fourth-order valence-electron chi connectivity index (χ4n) is 2.61. The van der Waals surface area contributed by atoms with Crippen LogP contribution in [0.4, 0.5) is 13.2 Å². The van der Waals surface area contributed by atoms with Gasteiger partial charge in [0.25, 0.3) is 5.91 Å². The van der Waals surface area contributed by atoms with Crippen LogP contribution in [0.15, 0.2) is 12.1 Å². The van der Waals surface area contributed by atoms with Crippen LogP contribution >= 0.6 is 0 Å². The molecule has 110 valence electrons. The molecule has 0 spiro atoms. The van der Waals surface area contributed by atoms with Gasteiger partial charge in [-0.05, 0) is 44.4 Å². The zero-order valence-corrected chi connectivity index (χ0v) is 11.0. The second kappa shape index (κ2) is 6.26. The summed E-state index contributed by atoms with van der Waals surface area (Å²) in [5.74, 6) is -4.72. The first-order valence-corrected chi connectivity index (χ1v) is 6.70. The van der Waals surface area contributed by atoms with E-state index >= 15 is 0 Å². The van der Waals surface area contributed by atoms with E-state index in [4.69, 9.17) is 5.73 Å². The van der Waals surface area contributed by atoms with Gasteiger partial charge in [-0.2, -0.15) is 0 Å². The van der Waals surface area contributed by atoms with Crippen molar-refractivity contribution >= 4 is 5.91 Å². The lowest BCUT2D eigenvalue weighted by molar-refractivity contribution is 0.0603. The van der Waals surface area contributed by atoms with Crippen molar-refractivity contribution < 1.29 is 18.0 Å². The molecule has 0 aromatic heterocycles. The number of likely N-dealkylation sites (tertiary alicyclic amines) is 1. The number of piperidine rings is 1. The second-order valence-electron chi connectivity index (χ2n) is 4.98. The molecule has 1 saturated heterocycles. The van der Waals surface area contributed by atoms with Crippen LogP contribution in [-0.4, -0.2) is 29.9 Å². The highest BCUT2D eigenvalue weighted by molar-refractivity contribution is 5.94. The molecule has 1 heterocycles. The Morgan fingerprint density at radius 3 is 2.50 bits per heavy atom. The molecule has 0 aliphatic carbocycles. The molecule has 1 aromatic rings. The van der Waals surface area contributed by atoms with E-state index in [9.17, 15) is 18.0 Å². The fourth-order valence-corrected chi connectivity index (χ4v) is 2.61. The topological polar surface area (TPSA) is 46.3 Å². The molecule has 3 nitrogen and oxygen atoms in total. The Hall–Kier alpha value is -1.56. The van der Waals surface area contributed by atoms with E-state index in [2.05, 4.69) is 0 Å². The van der Waals surface area contributed by atoms with Crippen molar-refractivity contribution in [3.63, 3.8) is 0 Å². The lowest BCUT2D eigenvalue weighted by Gasteiger charge is -2.35. The van der Waals surface area contributed by atoms with Crippen molar-refractivity contribution in [2.75, 3.05) is 13.1 Å². The second-order valence-corrected chi connectivity index (χ2v) is 4.98. The van der Waals surface area contributed by atoms with E-state index in [1.165, 1.54) is 0 Å². The van der Waals surface area contributed by atoms with Crippen LogP contribution in [0.5, 0.6) is 0 Å². The van der Waals surface area contributed by atoms with E-state index < -0.39 is 23.4 Å². The third-order valence-electron chi connectivity index (χ3n) is 3.62. The molecule has 1 aliphatic rings. The number of hydrogen-bond donors (Lipinski definition) is 1. The number of amides is 1. The third kappa shape index (κ3) is 2.95. The minimum atomic E-state index is -1.56. The summed E-state index contributed by atoms with van der Waals surface area (Å²) >= 11 is 0. The average Bonchev–Trinajstić information content (AvgIpc) is 2.44. The first-order chi connectivity index (χ1) is 9.54. The highest BCUT2D eigenvalue weighted by atomic mass is 19.2. The number of nitrogens with two attached hydrogens (primary N) is 1. The summed E-state index contributed by atoms with van der Waals surface area (Å²) in [6.45, 7) is 0.977. The van der Waals surface area contributed by atoms with Crippen molar-refractivity contribution in [1.82, 2.24) is 4.90 Å². The Morgan fingerprint density at radius 2 is 1.90 bits per heavy atom. The van der Waals surface area contributed by atoms with Gasteiger partial charge < -0.3 is 10.6 Å². The molecule has 1 aromatic carbocycles. The van der Waals surface area contributed by atoms with Gasteiger partial charge in [-0.25, -0.2) is 13.2 Å². The quantitative estimate of drug-likeness (QED) is 0.868. The first-order valence-electron chi connectivity index (χ1n) is 6.70. The highest BCUT2D eigenvalue weighted by Crippen LogP contribution is 2.23. The minimum Gasteiger partial charge on any atom is -0.336 e. The highest BCUT2D eigenvalue weighted by Gasteiger charge is 2.28. The van der Waals surface area contributed by atoms with Gasteiger partial charge in [-0.3, -0.25) is 4.79 Å². The minimum absolute atomic E-state index is 0.0163. The maximum atomic E-state index is 13.2. The predicted octanol–water partition coefficient (Wildman–Crippen LogP) is 2.45. The number of carbonyl (C=O) groups is 1. The summed E-state index contributed by atoms with van der Waals surface area (Å²) < 4.78 is 39.3. The SMILES string of the molecule is NCCC1CCCCN1C(=O)c1cc(F)c(F)c(F)c1. The molecule has 2 N–H and O–H groups in total. The van der Waals surface area contributed by atoms with Crippen LogP contribution in [0.3, 0.4) is 0 Å². The monoisotopic (exact) mass is 286 g/mol.